The lowest BCUT2D eigenvalue weighted by atomic mass is 10.1. The van der Waals surface area contributed by atoms with Gasteiger partial charge < -0.3 is 15.2 Å². The van der Waals surface area contributed by atoms with E-state index in [1.165, 1.54) is 0 Å². The van der Waals surface area contributed by atoms with Crippen LogP contribution in [0, 0.1) is 13.8 Å². The number of phenols is 1. The third-order valence-corrected chi connectivity index (χ3v) is 3.55. The topological polar surface area (TPSA) is 70.6 Å². The molecule has 0 fully saturated rings. The summed E-state index contributed by atoms with van der Waals surface area (Å²) in [5, 5.41) is 15.6. The first-order chi connectivity index (χ1) is 11.4. The number of hydrogen-bond acceptors (Lipinski definition) is 4. The lowest BCUT2D eigenvalue weighted by Crippen LogP contribution is -2.34. The molecule has 24 heavy (non-hydrogen) atoms. The molecule has 0 aliphatic rings. The Kier molecular flexibility index (Phi) is 5.76. The largest absolute Gasteiger partial charge is 0.505 e. The number of anilines is 1. The quantitative estimate of drug-likeness (QED) is 0.585. The molecule has 3 N–H and O–H groups in total. The number of carbonyl (C=O) groups is 1. The van der Waals surface area contributed by atoms with E-state index in [4.69, 9.17) is 17.0 Å². The molecule has 2 aromatic carbocycles. The van der Waals surface area contributed by atoms with E-state index in [-0.39, 0.29) is 16.8 Å². The summed E-state index contributed by atoms with van der Waals surface area (Å²) in [6.45, 7) is 6.18. The molecule has 0 bridgehead atoms. The van der Waals surface area contributed by atoms with Crippen LogP contribution in [-0.4, -0.2) is 22.7 Å². The van der Waals surface area contributed by atoms with Gasteiger partial charge in [0.15, 0.2) is 5.11 Å². The maximum atomic E-state index is 12.2. The van der Waals surface area contributed by atoms with Crippen molar-refractivity contribution in [3.8, 4) is 11.5 Å². The second-order valence-electron chi connectivity index (χ2n) is 5.34. The van der Waals surface area contributed by atoms with Gasteiger partial charge in [0, 0.05) is 5.56 Å². The number of amides is 1. The molecule has 126 valence electrons. The second kappa shape index (κ2) is 7.79. The summed E-state index contributed by atoms with van der Waals surface area (Å²) in [4.78, 5) is 12.2. The van der Waals surface area contributed by atoms with Gasteiger partial charge in [0.25, 0.3) is 5.91 Å². The van der Waals surface area contributed by atoms with Crippen molar-refractivity contribution in [1.29, 1.82) is 0 Å². The minimum atomic E-state index is -0.334. The van der Waals surface area contributed by atoms with Gasteiger partial charge in [-0.1, -0.05) is 6.07 Å². The van der Waals surface area contributed by atoms with Crippen molar-refractivity contribution in [3.05, 3.63) is 53.1 Å². The molecule has 0 aliphatic heterocycles. The van der Waals surface area contributed by atoms with E-state index >= 15 is 0 Å². The number of rotatable bonds is 4. The van der Waals surface area contributed by atoms with E-state index in [9.17, 15) is 9.90 Å². The van der Waals surface area contributed by atoms with Gasteiger partial charge in [-0.2, -0.15) is 0 Å². The molecular formula is C18H20N2O3S. The van der Waals surface area contributed by atoms with E-state index < -0.39 is 0 Å². The number of aromatic hydroxyl groups is 1. The van der Waals surface area contributed by atoms with Crippen molar-refractivity contribution in [2.75, 3.05) is 11.9 Å². The van der Waals surface area contributed by atoms with Crippen LogP contribution in [0.25, 0.3) is 0 Å². The summed E-state index contributed by atoms with van der Waals surface area (Å²) in [7, 11) is 0. The Morgan fingerprint density at radius 3 is 2.50 bits per heavy atom. The average molecular weight is 344 g/mol. The predicted molar refractivity (Wildman–Crippen MR) is 98.9 cm³/mol. The highest BCUT2D eigenvalue weighted by molar-refractivity contribution is 7.80. The molecule has 0 radical (unpaired) electrons. The van der Waals surface area contributed by atoms with Crippen LogP contribution in [0.1, 0.15) is 28.4 Å². The van der Waals surface area contributed by atoms with Crippen molar-refractivity contribution >= 4 is 28.9 Å². The van der Waals surface area contributed by atoms with E-state index in [0.717, 1.165) is 11.1 Å². The van der Waals surface area contributed by atoms with Gasteiger partial charge in [0.1, 0.15) is 11.5 Å². The van der Waals surface area contributed by atoms with Crippen LogP contribution >= 0.6 is 12.2 Å². The van der Waals surface area contributed by atoms with Gasteiger partial charge in [0.2, 0.25) is 0 Å². The Balaban J connectivity index is 2.03. The highest BCUT2D eigenvalue weighted by Crippen LogP contribution is 2.28. The monoisotopic (exact) mass is 344 g/mol. The molecule has 2 aromatic rings. The Morgan fingerprint density at radius 2 is 1.88 bits per heavy atom. The second-order valence-corrected chi connectivity index (χ2v) is 5.75. The number of nitrogens with one attached hydrogen (secondary N) is 2. The van der Waals surface area contributed by atoms with Gasteiger partial charge in [0.05, 0.1) is 12.3 Å². The summed E-state index contributed by atoms with van der Waals surface area (Å²) in [5.74, 6) is 0.479. The lowest BCUT2D eigenvalue weighted by Gasteiger charge is -2.13. The van der Waals surface area contributed by atoms with E-state index in [0.29, 0.717) is 23.6 Å². The fraction of sp³-hybridized carbons (Fsp3) is 0.222. The summed E-state index contributed by atoms with van der Waals surface area (Å²) >= 11 is 5.15. The zero-order valence-electron chi connectivity index (χ0n) is 13.8. The summed E-state index contributed by atoms with van der Waals surface area (Å²) in [5.41, 5.74) is 2.64. The van der Waals surface area contributed by atoms with Crippen LogP contribution in [0.4, 0.5) is 5.69 Å². The summed E-state index contributed by atoms with van der Waals surface area (Å²) < 4.78 is 5.34. The van der Waals surface area contributed by atoms with Crippen molar-refractivity contribution in [1.82, 2.24) is 5.32 Å². The van der Waals surface area contributed by atoms with E-state index in [1.54, 1.807) is 37.3 Å². The fourth-order valence-corrected chi connectivity index (χ4v) is 2.46. The van der Waals surface area contributed by atoms with Gasteiger partial charge in [-0.15, -0.1) is 0 Å². The average Bonchev–Trinajstić information content (AvgIpc) is 2.53. The number of phenolic OH excluding ortho intramolecular Hbond substituents is 1. The first kappa shape index (κ1) is 17.7. The maximum absolute atomic E-state index is 12.2. The van der Waals surface area contributed by atoms with E-state index in [2.05, 4.69) is 10.6 Å². The molecule has 1 amide bonds. The Morgan fingerprint density at radius 1 is 1.21 bits per heavy atom. The molecule has 2 rings (SSSR count). The van der Waals surface area contributed by atoms with Crippen molar-refractivity contribution in [3.63, 3.8) is 0 Å². The standard InChI is InChI=1S/C18H20N2O3S/c1-4-23-14-7-5-13(6-8-14)17(22)20-18(24)19-15-10-11(2)9-12(3)16(15)21/h5-10,21H,4H2,1-3H3,(H2,19,20,22,24). The first-order valence-corrected chi connectivity index (χ1v) is 7.97. The number of thiocarbonyl (C=S) groups is 1. The van der Waals surface area contributed by atoms with Crippen LogP contribution in [-0.2, 0) is 0 Å². The third kappa shape index (κ3) is 4.45. The maximum Gasteiger partial charge on any atom is 0.257 e. The molecular weight excluding hydrogens is 324 g/mol. The van der Waals surface area contributed by atoms with Crippen LogP contribution in [0.2, 0.25) is 0 Å². The van der Waals surface area contributed by atoms with Crippen LogP contribution in [0.15, 0.2) is 36.4 Å². The smallest absolute Gasteiger partial charge is 0.257 e. The van der Waals surface area contributed by atoms with Gasteiger partial charge >= 0.3 is 0 Å². The summed E-state index contributed by atoms with van der Waals surface area (Å²) in [6, 6.07) is 10.4. The molecule has 5 nitrogen and oxygen atoms in total. The molecule has 0 heterocycles. The van der Waals surface area contributed by atoms with Crippen LogP contribution < -0.4 is 15.4 Å². The zero-order valence-corrected chi connectivity index (χ0v) is 14.7. The van der Waals surface area contributed by atoms with Gasteiger partial charge in [-0.25, -0.2) is 0 Å². The molecule has 0 saturated heterocycles. The normalized spacial score (nSPS) is 10.1. The molecule has 0 unspecified atom stereocenters. The van der Waals surface area contributed by atoms with Gasteiger partial charge in [-0.3, -0.25) is 10.1 Å². The Labute approximate surface area is 146 Å². The predicted octanol–water partition coefficient (Wildman–Crippen LogP) is 3.53. The highest BCUT2D eigenvalue weighted by atomic mass is 32.1. The Bertz CT molecular complexity index is 758. The lowest BCUT2D eigenvalue weighted by molar-refractivity contribution is 0.0977. The minimum Gasteiger partial charge on any atom is -0.505 e. The third-order valence-electron chi connectivity index (χ3n) is 3.35. The first-order valence-electron chi connectivity index (χ1n) is 7.56. The van der Waals surface area contributed by atoms with Crippen molar-refractivity contribution < 1.29 is 14.6 Å². The number of aryl methyl sites for hydroxylation is 2. The van der Waals surface area contributed by atoms with E-state index in [1.807, 2.05) is 19.9 Å². The fourth-order valence-electron chi connectivity index (χ4n) is 2.25. The number of carbonyl (C=O) groups excluding carboxylic acids is 1. The molecule has 0 aliphatic carbocycles. The number of hydrogen-bond donors (Lipinski definition) is 3. The van der Waals surface area contributed by atoms with Crippen molar-refractivity contribution in [2.45, 2.75) is 20.8 Å². The molecule has 6 heteroatoms. The summed E-state index contributed by atoms with van der Waals surface area (Å²) in [6.07, 6.45) is 0. The minimum absolute atomic E-state index is 0.110. The van der Waals surface area contributed by atoms with Crippen LogP contribution in [0.3, 0.4) is 0 Å². The highest BCUT2D eigenvalue weighted by Gasteiger charge is 2.11. The molecule has 0 aromatic heterocycles. The Hall–Kier alpha value is -2.60. The molecule has 0 spiro atoms. The van der Waals surface area contributed by atoms with Gasteiger partial charge in [-0.05, 0) is 74.4 Å². The zero-order chi connectivity index (χ0) is 17.7. The molecule has 0 saturated carbocycles. The molecule has 0 atom stereocenters. The SMILES string of the molecule is CCOc1ccc(C(=O)NC(=S)Nc2cc(C)cc(C)c2O)cc1. The van der Waals surface area contributed by atoms with Crippen molar-refractivity contribution in [2.24, 2.45) is 0 Å². The van der Waals surface area contributed by atoms with Crippen LogP contribution in [0.5, 0.6) is 11.5 Å². The number of ether oxygens (including phenoxy) is 1. The number of benzene rings is 2.